The molecule has 0 N–H and O–H groups in total. The van der Waals surface area contributed by atoms with E-state index in [-0.39, 0.29) is 40.1 Å². The maximum absolute atomic E-state index is 12.0. The molecule has 1 aromatic rings. The predicted octanol–water partition coefficient (Wildman–Crippen LogP) is 2.63. The molecule has 0 aliphatic rings. The normalized spacial score (nSPS) is 8.69. The van der Waals surface area contributed by atoms with Crippen molar-refractivity contribution >= 4 is 0 Å². The third-order valence-electron chi connectivity index (χ3n) is 0.990. The van der Waals surface area contributed by atoms with E-state index in [4.69, 9.17) is 0 Å². The fourth-order valence-corrected chi connectivity index (χ4v) is 0.495. The van der Waals surface area contributed by atoms with Gasteiger partial charge in [-0.3, -0.25) is 8.78 Å². The van der Waals surface area contributed by atoms with E-state index in [9.17, 15) is 22.0 Å². The average molecular weight is 271 g/mol. The van der Waals surface area contributed by atoms with E-state index >= 15 is 0 Å². The Kier molecular flexibility index (Phi) is 6.71. The van der Waals surface area contributed by atoms with Gasteiger partial charge in [-0.2, -0.15) is 0 Å². The molecule has 0 saturated heterocycles. The maximum Gasteiger partial charge on any atom is 3.00 e. The van der Waals surface area contributed by atoms with Crippen LogP contribution >= 0.6 is 0 Å². The molecule has 0 spiro atoms. The molecule has 0 saturated carbocycles. The minimum absolute atomic E-state index is 0. The van der Waals surface area contributed by atoms with Gasteiger partial charge in [0.15, 0.2) is 0 Å². The van der Waals surface area contributed by atoms with Crippen LogP contribution in [0.15, 0.2) is 0 Å². The van der Waals surface area contributed by atoms with E-state index in [2.05, 4.69) is 0 Å². The van der Waals surface area contributed by atoms with E-state index in [1.54, 1.807) is 0 Å². The van der Waals surface area contributed by atoms with Crippen LogP contribution in [-0.2, 0) is 32.7 Å². The van der Waals surface area contributed by atoms with Gasteiger partial charge in [-0.15, -0.1) is 6.07 Å². The van der Waals surface area contributed by atoms with Gasteiger partial charge < -0.3 is 7.43 Å². The molecule has 0 unspecified atom stereocenters. The Hall–Kier alpha value is -0.0261. The molecular weight excluding hydrogens is 268 g/mol. The van der Waals surface area contributed by atoms with Crippen LogP contribution in [0.2, 0.25) is 0 Å². The predicted molar refractivity (Wildman–Crippen MR) is 31.5 cm³/mol. The van der Waals surface area contributed by atoms with Crippen molar-refractivity contribution in [3.63, 3.8) is 0 Å². The van der Waals surface area contributed by atoms with Crippen molar-refractivity contribution in [1.29, 1.82) is 0 Å². The molecule has 0 amide bonds. The summed E-state index contributed by atoms with van der Waals surface area (Å²) in [7, 11) is 0. The summed E-state index contributed by atoms with van der Waals surface area (Å²) in [5.41, 5.74) is 0. The summed E-state index contributed by atoms with van der Waals surface area (Å²) in [6.45, 7) is 0. The molecule has 1 rings (SSSR count). The van der Waals surface area contributed by atoms with E-state index in [0.717, 1.165) is 6.07 Å². The Balaban J connectivity index is 0. The molecule has 0 heterocycles. The van der Waals surface area contributed by atoms with Crippen LogP contribution in [0, 0.1) is 42.6 Å². The van der Waals surface area contributed by atoms with E-state index in [0.29, 0.717) is 0 Å². The van der Waals surface area contributed by atoms with Crippen molar-refractivity contribution in [2.75, 3.05) is 0 Å². The minimum Gasteiger partial charge on any atom is -0.358 e. The third kappa shape index (κ3) is 2.99. The molecule has 0 radical (unpaired) electrons. The molecule has 0 atom stereocenters. The SMILES string of the molecule is Fc1[c-]c(F)c(F)c(F)c1F.[CH3-].[Y+3]. The first kappa shape index (κ1) is 15.4. The Morgan fingerprint density at radius 2 is 1.00 bits per heavy atom. The van der Waals surface area contributed by atoms with Crippen LogP contribution in [-0.4, -0.2) is 0 Å². The second kappa shape index (κ2) is 5.65. The summed E-state index contributed by atoms with van der Waals surface area (Å²) in [5, 5.41) is 0. The third-order valence-corrected chi connectivity index (χ3v) is 0.990. The van der Waals surface area contributed by atoms with Crippen molar-refractivity contribution in [3.8, 4) is 0 Å². The van der Waals surface area contributed by atoms with E-state index < -0.39 is 29.1 Å². The van der Waals surface area contributed by atoms with Crippen molar-refractivity contribution in [1.82, 2.24) is 0 Å². The number of hydrogen-bond acceptors (Lipinski definition) is 0. The van der Waals surface area contributed by atoms with Gasteiger partial charge in [-0.1, -0.05) is 0 Å². The minimum atomic E-state index is -2.17. The zero-order valence-corrected chi connectivity index (χ0v) is 9.31. The van der Waals surface area contributed by atoms with Gasteiger partial charge in [0.25, 0.3) is 0 Å². The first-order valence-corrected chi connectivity index (χ1v) is 2.44. The zero-order valence-electron chi connectivity index (χ0n) is 6.47. The quantitative estimate of drug-likeness (QED) is 0.294. The van der Waals surface area contributed by atoms with Crippen molar-refractivity contribution in [2.24, 2.45) is 0 Å². The first-order chi connectivity index (χ1) is 5.04. The molecule has 6 heteroatoms. The van der Waals surface area contributed by atoms with Crippen molar-refractivity contribution in [3.05, 3.63) is 42.6 Å². The molecule has 0 aliphatic heterocycles. The maximum atomic E-state index is 12.0. The molecule has 13 heavy (non-hydrogen) atoms. The Labute approximate surface area is 97.0 Å². The van der Waals surface area contributed by atoms with E-state index in [1.165, 1.54) is 0 Å². The standard InChI is InChI=1S/C6F5.CH3.Y/c7-2-1-3(8)5(10)6(11)4(2)9;;/h;1H3;/q2*-1;+3. The van der Waals surface area contributed by atoms with Crippen molar-refractivity contribution < 1.29 is 54.7 Å². The van der Waals surface area contributed by atoms with Gasteiger partial charge in [0.2, 0.25) is 0 Å². The molecular formula is C7H3F5Y+. The van der Waals surface area contributed by atoms with Gasteiger partial charge >= 0.3 is 32.7 Å². The molecule has 0 fully saturated rings. The monoisotopic (exact) mass is 271 g/mol. The summed E-state index contributed by atoms with van der Waals surface area (Å²) < 4.78 is 59.9. The van der Waals surface area contributed by atoms with Crippen LogP contribution in [0.1, 0.15) is 0 Å². The van der Waals surface area contributed by atoms with Gasteiger partial charge in [0.05, 0.1) is 29.1 Å². The number of benzene rings is 1. The Morgan fingerprint density at radius 3 is 1.31 bits per heavy atom. The Morgan fingerprint density at radius 1 is 0.692 bits per heavy atom. The average Bonchev–Trinajstić information content (AvgIpc) is 1.97. The van der Waals surface area contributed by atoms with Gasteiger partial charge in [-0.05, 0) is 0 Å². The molecule has 0 bridgehead atoms. The van der Waals surface area contributed by atoms with Crippen molar-refractivity contribution in [2.45, 2.75) is 0 Å². The molecule has 0 nitrogen and oxygen atoms in total. The second-order valence-corrected chi connectivity index (χ2v) is 1.69. The van der Waals surface area contributed by atoms with Crippen LogP contribution in [0.3, 0.4) is 0 Å². The Bertz CT molecular complexity index is 273. The van der Waals surface area contributed by atoms with Gasteiger partial charge in [0.1, 0.15) is 0 Å². The summed E-state index contributed by atoms with van der Waals surface area (Å²) in [6.07, 6.45) is 0. The van der Waals surface area contributed by atoms with Gasteiger partial charge in [0, 0.05) is 0 Å². The zero-order chi connectivity index (χ0) is 8.59. The summed E-state index contributed by atoms with van der Waals surface area (Å²) in [5.74, 6) is -10.0. The first-order valence-electron chi connectivity index (χ1n) is 2.44. The molecule has 68 valence electrons. The topological polar surface area (TPSA) is 0 Å². The molecule has 1 aromatic carbocycles. The fraction of sp³-hybridized carbons (Fsp3) is 0. The smallest absolute Gasteiger partial charge is 0.358 e. The summed E-state index contributed by atoms with van der Waals surface area (Å²) in [4.78, 5) is 0. The molecule has 0 aliphatic carbocycles. The largest absolute Gasteiger partial charge is 3.00 e. The van der Waals surface area contributed by atoms with Crippen LogP contribution in [0.4, 0.5) is 22.0 Å². The van der Waals surface area contributed by atoms with Gasteiger partial charge in [-0.25, -0.2) is 13.2 Å². The van der Waals surface area contributed by atoms with E-state index in [1.807, 2.05) is 0 Å². The molecule has 0 aromatic heterocycles. The second-order valence-electron chi connectivity index (χ2n) is 1.69. The van der Waals surface area contributed by atoms with Crippen LogP contribution in [0.25, 0.3) is 0 Å². The summed E-state index contributed by atoms with van der Waals surface area (Å²) >= 11 is 0. The van der Waals surface area contributed by atoms with Crippen LogP contribution < -0.4 is 0 Å². The number of hydrogen-bond donors (Lipinski definition) is 0. The summed E-state index contributed by atoms with van der Waals surface area (Å²) in [6, 6.07) is 1.02. The fourth-order valence-electron chi connectivity index (χ4n) is 0.495. The number of rotatable bonds is 0. The van der Waals surface area contributed by atoms with Crippen LogP contribution in [0.5, 0.6) is 0 Å². The number of halogens is 5.